The van der Waals surface area contributed by atoms with Gasteiger partial charge in [-0.05, 0) is 36.4 Å². The summed E-state index contributed by atoms with van der Waals surface area (Å²) in [5.41, 5.74) is 0. The summed E-state index contributed by atoms with van der Waals surface area (Å²) >= 11 is 10.7. The summed E-state index contributed by atoms with van der Waals surface area (Å²) in [6, 6.07) is 0. The molecule has 0 saturated heterocycles. The minimum absolute atomic E-state index is 0.168. The zero-order valence-electron chi connectivity index (χ0n) is 7.12. The molecular formula is C6H13Cl2NO3S. The van der Waals surface area contributed by atoms with Crippen molar-refractivity contribution in [3.05, 3.63) is 0 Å². The average Bonchev–Trinajstić information content (AvgIpc) is 1.93. The van der Waals surface area contributed by atoms with Gasteiger partial charge in [0.2, 0.25) is 0 Å². The molecule has 0 amide bonds. The molecule has 0 spiro atoms. The fourth-order valence-corrected chi connectivity index (χ4v) is 1.68. The van der Waals surface area contributed by atoms with Crippen LogP contribution in [0.25, 0.3) is 0 Å². The van der Waals surface area contributed by atoms with E-state index in [2.05, 4.69) is 0 Å². The van der Waals surface area contributed by atoms with Crippen molar-refractivity contribution >= 4 is 33.7 Å². The van der Waals surface area contributed by atoms with Crippen LogP contribution in [-0.2, 0) is 10.1 Å². The van der Waals surface area contributed by atoms with Gasteiger partial charge in [-0.2, -0.15) is 8.42 Å². The van der Waals surface area contributed by atoms with Crippen LogP contribution in [0.1, 0.15) is 25.7 Å². The lowest BCUT2D eigenvalue weighted by molar-refractivity contribution is 0.478. The number of nitrogens with zero attached hydrogens (tertiary/aromatic N) is 1. The number of unbranched alkanes of at least 4 members (excludes halogenated alkanes) is 3. The highest BCUT2D eigenvalue weighted by Gasteiger charge is 2.03. The predicted molar refractivity (Wildman–Crippen MR) is 53.3 cm³/mol. The molecule has 0 aliphatic rings. The summed E-state index contributed by atoms with van der Waals surface area (Å²) < 4.78 is 30.0. The lowest BCUT2D eigenvalue weighted by Crippen LogP contribution is -2.04. The minimum atomic E-state index is -3.79. The van der Waals surface area contributed by atoms with E-state index >= 15 is 0 Å². The fraction of sp³-hybridized carbons (Fsp3) is 1.00. The zero-order chi connectivity index (χ0) is 10.3. The molecule has 0 atom stereocenters. The molecule has 0 aromatic carbocycles. The van der Waals surface area contributed by atoms with Crippen LogP contribution in [0.5, 0.6) is 0 Å². The molecule has 0 aromatic rings. The molecule has 0 heterocycles. The molecule has 0 rings (SSSR count). The maximum atomic E-state index is 10.3. The summed E-state index contributed by atoms with van der Waals surface area (Å²) in [5.74, 6) is -0.168. The molecule has 0 fully saturated rings. The summed E-state index contributed by atoms with van der Waals surface area (Å²) in [4.78, 5) is 0. The topological polar surface area (TPSA) is 57.6 Å². The van der Waals surface area contributed by atoms with E-state index in [9.17, 15) is 8.42 Å². The molecule has 0 aliphatic heterocycles. The van der Waals surface area contributed by atoms with Crippen molar-refractivity contribution in [3.63, 3.8) is 0 Å². The van der Waals surface area contributed by atoms with Gasteiger partial charge in [0.1, 0.15) is 0 Å². The van der Waals surface area contributed by atoms with Crippen LogP contribution in [0.15, 0.2) is 0 Å². The minimum Gasteiger partial charge on any atom is -0.286 e. The van der Waals surface area contributed by atoms with E-state index in [1.165, 1.54) is 0 Å². The number of hydrogen-bond acceptors (Lipinski definition) is 3. The molecule has 7 heteroatoms. The second-order valence-electron chi connectivity index (χ2n) is 2.73. The average molecular weight is 250 g/mol. The molecule has 80 valence electrons. The lowest BCUT2D eigenvalue weighted by Gasteiger charge is -2.02. The molecule has 0 radical (unpaired) electrons. The molecular weight excluding hydrogens is 237 g/mol. The van der Waals surface area contributed by atoms with Gasteiger partial charge < -0.3 is 0 Å². The summed E-state index contributed by atoms with van der Waals surface area (Å²) in [5, 5.41) is 0. The van der Waals surface area contributed by atoms with Gasteiger partial charge >= 0.3 is 0 Å². The van der Waals surface area contributed by atoms with Crippen molar-refractivity contribution in [3.8, 4) is 0 Å². The third-order valence-corrected chi connectivity index (χ3v) is 2.62. The quantitative estimate of drug-likeness (QED) is 0.426. The van der Waals surface area contributed by atoms with Crippen LogP contribution >= 0.6 is 23.6 Å². The Labute approximate surface area is 88.8 Å². The predicted octanol–water partition coefficient (Wildman–Crippen LogP) is 2.04. The second-order valence-corrected chi connectivity index (χ2v) is 5.29. The normalized spacial score (nSPS) is 12.3. The smallest absolute Gasteiger partial charge is 0.264 e. The van der Waals surface area contributed by atoms with Gasteiger partial charge in [-0.25, -0.2) is 0 Å². The highest BCUT2D eigenvalue weighted by Crippen LogP contribution is 2.06. The second kappa shape index (κ2) is 6.84. The first-order valence-electron chi connectivity index (χ1n) is 3.96. The Morgan fingerprint density at radius 1 is 1.08 bits per heavy atom. The van der Waals surface area contributed by atoms with Gasteiger partial charge in [-0.3, -0.25) is 4.55 Å². The Kier molecular flexibility index (Phi) is 7.07. The molecule has 0 aromatic heterocycles. The van der Waals surface area contributed by atoms with Crippen molar-refractivity contribution in [2.24, 2.45) is 0 Å². The van der Waals surface area contributed by atoms with E-state index in [1.807, 2.05) is 0 Å². The lowest BCUT2D eigenvalue weighted by atomic mass is 10.2. The van der Waals surface area contributed by atoms with Crippen molar-refractivity contribution in [1.82, 2.24) is 3.94 Å². The Morgan fingerprint density at radius 2 is 1.62 bits per heavy atom. The Bertz CT molecular complexity index is 218. The number of rotatable bonds is 7. The Hall–Kier alpha value is 0.450. The molecule has 1 N–H and O–H groups in total. The van der Waals surface area contributed by atoms with Gasteiger partial charge in [0.25, 0.3) is 10.1 Å². The first-order valence-corrected chi connectivity index (χ1v) is 6.24. The highest BCUT2D eigenvalue weighted by atomic mass is 35.5. The molecule has 0 bridgehead atoms. The van der Waals surface area contributed by atoms with Crippen LogP contribution in [0.4, 0.5) is 0 Å². The molecule has 0 saturated carbocycles. The van der Waals surface area contributed by atoms with E-state index in [4.69, 9.17) is 28.1 Å². The van der Waals surface area contributed by atoms with Crippen LogP contribution < -0.4 is 0 Å². The summed E-state index contributed by atoms with van der Waals surface area (Å²) in [6.07, 6.45) is 2.90. The third-order valence-electron chi connectivity index (χ3n) is 1.48. The van der Waals surface area contributed by atoms with Crippen LogP contribution in [0, 0.1) is 0 Å². The van der Waals surface area contributed by atoms with Gasteiger partial charge in [0.15, 0.2) is 0 Å². The van der Waals surface area contributed by atoms with E-state index in [-0.39, 0.29) is 5.75 Å². The van der Waals surface area contributed by atoms with Crippen LogP contribution in [-0.4, -0.2) is 29.2 Å². The fourth-order valence-electron chi connectivity index (χ4n) is 0.869. The Balaban J connectivity index is 3.18. The third kappa shape index (κ3) is 12.4. The number of halogens is 2. The maximum absolute atomic E-state index is 10.3. The standard InChI is InChI=1S/C6H13Cl2NO3S/c7-9(8)5-3-1-2-4-6-13(10,11)12/h1-6H2,(H,10,11,12). The van der Waals surface area contributed by atoms with Gasteiger partial charge in [-0.15, -0.1) is 3.94 Å². The van der Waals surface area contributed by atoms with Crippen LogP contribution in [0.2, 0.25) is 0 Å². The van der Waals surface area contributed by atoms with Crippen molar-refractivity contribution < 1.29 is 13.0 Å². The van der Waals surface area contributed by atoms with Gasteiger partial charge in [-0.1, -0.05) is 12.8 Å². The van der Waals surface area contributed by atoms with Gasteiger partial charge in [0, 0.05) is 6.54 Å². The monoisotopic (exact) mass is 249 g/mol. The van der Waals surface area contributed by atoms with E-state index in [1.54, 1.807) is 0 Å². The maximum Gasteiger partial charge on any atom is 0.264 e. The Morgan fingerprint density at radius 3 is 2.08 bits per heavy atom. The molecule has 4 nitrogen and oxygen atoms in total. The summed E-state index contributed by atoms with van der Waals surface area (Å²) in [6.45, 7) is 0.564. The van der Waals surface area contributed by atoms with Crippen LogP contribution in [0.3, 0.4) is 0 Å². The van der Waals surface area contributed by atoms with Crippen molar-refractivity contribution in [2.45, 2.75) is 25.7 Å². The number of hydrogen-bond donors (Lipinski definition) is 1. The molecule has 13 heavy (non-hydrogen) atoms. The van der Waals surface area contributed by atoms with Crippen molar-refractivity contribution in [2.75, 3.05) is 12.3 Å². The van der Waals surface area contributed by atoms with Crippen molar-refractivity contribution in [1.29, 1.82) is 0 Å². The van der Waals surface area contributed by atoms with Gasteiger partial charge in [0.05, 0.1) is 5.75 Å². The molecule has 0 unspecified atom stereocenters. The van der Waals surface area contributed by atoms with E-state index in [0.717, 1.165) is 23.2 Å². The summed E-state index contributed by atoms with van der Waals surface area (Å²) in [7, 11) is -3.79. The molecule has 0 aliphatic carbocycles. The first-order chi connectivity index (χ1) is 5.92. The first kappa shape index (κ1) is 13.4. The zero-order valence-corrected chi connectivity index (χ0v) is 9.45. The van der Waals surface area contributed by atoms with E-state index in [0.29, 0.717) is 13.0 Å². The largest absolute Gasteiger partial charge is 0.286 e. The highest BCUT2D eigenvalue weighted by molar-refractivity contribution is 7.85. The van der Waals surface area contributed by atoms with E-state index < -0.39 is 10.1 Å². The SMILES string of the molecule is O=S(=O)(O)CCCCCCN(Cl)Cl.